The fourth-order valence-electron chi connectivity index (χ4n) is 1.76. The first-order chi connectivity index (χ1) is 10.1. The quantitative estimate of drug-likeness (QED) is 0.884. The van der Waals surface area contributed by atoms with Crippen LogP contribution in [0.25, 0.3) is 0 Å². The number of nitrogens with zero attached hydrogens (tertiary/aromatic N) is 2. The molecule has 0 fully saturated rings. The number of aromatic nitrogens is 2. The van der Waals surface area contributed by atoms with E-state index in [1.807, 2.05) is 26.8 Å². The Hall–Kier alpha value is -2.37. The van der Waals surface area contributed by atoms with Crippen molar-refractivity contribution in [2.45, 2.75) is 33.2 Å². The van der Waals surface area contributed by atoms with Crippen LogP contribution in [0.1, 0.15) is 48.5 Å². The van der Waals surface area contributed by atoms with Crippen LogP contribution in [0.5, 0.6) is 5.88 Å². The second-order valence-electron chi connectivity index (χ2n) is 4.85. The molecule has 1 amide bonds. The fourth-order valence-corrected chi connectivity index (χ4v) is 1.76. The topological polar surface area (TPSA) is 77.2 Å². The van der Waals surface area contributed by atoms with Gasteiger partial charge in [-0.1, -0.05) is 25.1 Å². The molecule has 0 bridgehead atoms. The first kappa shape index (κ1) is 15.0. The van der Waals surface area contributed by atoms with Crippen LogP contribution >= 0.6 is 0 Å². The van der Waals surface area contributed by atoms with Gasteiger partial charge in [0.15, 0.2) is 5.69 Å². The lowest BCUT2D eigenvalue weighted by Crippen LogP contribution is -2.23. The predicted octanol–water partition coefficient (Wildman–Crippen LogP) is 2.52. The molecule has 0 spiro atoms. The molecule has 0 unspecified atom stereocenters. The van der Waals surface area contributed by atoms with Crippen LogP contribution in [0.15, 0.2) is 28.9 Å². The average molecular weight is 289 g/mol. The number of carbonyl (C=O) groups excluding carboxylic acids is 1. The van der Waals surface area contributed by atoms with Crippen molar-refractivity contribution in [3.63, 3.8) is 0 Å². The van der Waals surface area contributed by atoms with Crippen LogP contribution in [0.2, 0.25) is 0 Å². The summed E-state index contributed by atoms with van der Waals surface area (Å²) in [5.41, 5.74) is 1.10. The molecule has 2 aromatic heterocycles. The van der Waals surface area contributed by atoms with E-state index in [1.165, 1.54) is 0 Å². The van der Waals surface area contributed by atoms with Gasteiger partial charge < -0.3 is 14.6 Å². The van der Waals surface area contributed by atoms with E-state index in [0.29, 0.717) is 24.8 Å². The molecule has 2 rings (SSSR count). The Morgan fingerprint density at radius 3 is 2.95 bits per heavy atom. The van der Waals surface area contributed by atoms with E-state index in [4.69, 9.17) is 9.26 Å². The number of amides is 1. The summed E-state index contributed by atoms with van der Waals surface area (Å²) >= 11 is 0. The Bertz CT molecular complexity index is 608. The highest BCUT2D eigenvalue weighted by molar-refractivity contribution is 5.92. The van der Waals surface area contributed by atoms with Gasteiger partial charge in [0.25, 0.3) is 5.91 Å². The predicted molar refractivity (Wildman–Crippen MR) is 77.2 cm³/mol. The van der Waals surface area contributed by atoms with Crippen molar-refractivity contribution in [2.24, 2.45) is 0 Å². The summed E-state index contributed by atoms with van der Waals surface area (Å²) in [7, 11) is 0. The molecule has 0 radical (unpaired) electrons. The van der Waals surface area contributed by atoms with E-state index < -0.39 is 0 Å². The molecular formula is C15H19N3O3. The van der Waals surface area contributed by atoms with Crippen molar-refractivity contribution in [1.29, 1.82) is 0 Å². The molecule has 2 heterocycles. The lowest BCUT2D eigenvalue weighted by molar-refractivity contribution is 0.0941. The number of hydrogen-bond donors (Lipinski definition) is 1. The van der Waals surface area contributed by atoms with E-state index in [-0.39, 0.29) is 17.5 Å². The van der Waals surface area contributed by atoms with E-state index in [9.17, 15) is 4.79 Å². The average Bonchev–Trinajstić information content (AvgIpc) is 2.96. The molecule has 112 valence electrons. The Labute approximate surface area is 123 Å². The standard InChI is InChI=1S/C15H19N3O3/c1-4-20-15-11(6-5-7-16-15)9-17-14(19)12-8-13(10(2)3)21-18-12/h5-8,10H,4,9H2,1-3H3,(H,17,19). The third kappa shape index (κ3) is 3.81. The van der Waals surface area contributed by atoms with Gasteiger partial charge in [0.2, 0.25) is 5.88 Å². The van der Waals surface area contributed by atoms with Crippen molar-refractivity contribution in [1.82, 2.24) is 15.5 Å². The molecule has 0 aliphatic heterocycles. The SMILES string of the molecule is CCOc1ncccc1CNC(=O)c1cc(C(C)C)on1. The van der Waals surface area contributed by atoms with Crippen molar-refractivity contribution in [3.8, 4) is 5.88 Å². The summed E-state index contributed by atoms with van der Waals surface area (Å²) in [6.07, 6.45) is 1.66. The monoisotopic (exact) mass is 289 g/mol. The molecule has 0 aliphatic rings. The van der Waals surface area contributed by atoms with E-state index in [1.54, 1.807) is 18.3 Å². The van der Waals surface area contributed by atoms with Crippen LogP contribution < -0.4 is 10.1 Å². The number of rotatable bonds is 6. The largest absolute Gasteiger partial charge is 0.478 e. The van der Waals surface area contributed by atoms with Crippen LogP contribution in [0, 0.1) is 0 Å². The maximum atomic E-state index is 12.0. The second-order valence-corrected chi connectivity index (χ2v) is 4.85. The normalized spacial score (nSPS) is 10.7. The minimum atomic E-state index is -0.281. The molecule has 0 aromatic carbocycles. The van der Waals surface area contributed by atoms with Gasteiger partial charge in [-0.15, -0.1) is 0 Å². The van der Waals surface area contributed by atoms with Crippen LogP contribution in [0.3, 0.4) is 0 Å². The van der Waals surface area contributed by atoms with Gasteiger partial charge in [-0.2, -0.15) is 0 Å². The zero-order valence-electron chi connectivity index (χ0n) is 12.4. The highest BCUT2D eigenvalue weighted by Gasteiger charge is 2.15. The summed E-state index contributed by atoms with van der Waals surface area (Å²) in [4.78, 5) is 16.2. The van der Waals surface area contributed by atoms with E-state index >= 15 is 0 Å². The number of hydrogen-bond acceptors (Lipinski definition) is 5. The van der Waals surface area contributed by atoms with Gasteiger partial charge in [-0.05, 0) is 13.0 Å². The highest BCUT2D eigenvalue weighted by Crippen LogP contribution is 2.16. The third-order valence-corrected chi connectivity index (χ3v) is 2.90. The van der Waals surface area contributed by atoms with E-state index in [0.717, 1.165) is 5.56 Å². The molecule has 2 aromatic rings. The first-order valence-electron chi connectivity index (χ1n) is 6.93. The Balaban J connectivity index is 2.00. The summed E-state index contributed by atoms with van der Waals surface area (Å²) in [6.45, 7) is 6.70. The van der Waals surface area contributed by atoms with Gasteiger partial charge in [-0.3, -0.25) is 4.79 Å². The smallest absolute Gasteiger partial charge is 0.273 e. The number of carbonyl (C=O) groups is 1. The van der Waals surface area contributed by atoms with Crippen LogP contribution in [0.4, 0.5) is 0 Å². The Morgan fingerprint density at radius 1 is 1.48 bits per heavy atom. The maximum absolute atomic E-state index is 12.0. The van der Waals surface area contributed by atoms with Gasteiger partial charge in [0, 0.05) is 30.3 Å². The lowest BCUT2D eigenvalue weighted by atomic mass is 10.1. The maximum Gasteiger partial charge on any atom is 0.273 e. The number of pyridine rings is 1. The van der Waals surface area contributed by atoms with Crippen LogP contribution in [-0.2, 0) is 6.54 Å². The molecule has 6 heteroatoms. The number of nitrogens with one attached hydrogen (secondary N) is 1. The first-order valence-corrected chi connectivity index (χ1v) is 6.93. The van der Waals surface area contributed by atoms with Crippen molar-refractivity contribution >= 4 is 5.91 Å². The Morgan fingerprint density at radius 2 is 2.29 bits per heavy atom. The third-order valence-electron chi connectivity index (χ3n) is 2.90. The molecule has 6 nitrogen and oxygen atoms in total. The summed E-state index contributed by atoms with van der Waals surface area (Å²) < 4.78 is 10.5. The fraction of sp³-hybridized carbons (Fsp3) is 0.400. The molecular weight excluding hydrogens is 270 g/mol. The molecule has 0 aliphatic carbocycles. The summed E-state index contributed by atoms with van der Waals surface area (Å²) in [5, 5.41) is 6.56. The molecule has 21 heavy (non-hydrogen) atoms. The minimum absolute atomic E-state index is 0.196. The second kappa shape index (κ2) is 6.88. The van der Waals surface area contributed by atoms with Crippen LogP contribution in [-0.4, -0.2) is 22.7 Å². The zero-order valence-corrected chi connectivity index (χ0v) is 12.4. The Kier molecular flexibility index (Phi) is 4.92. The van der Waals surface area contributed by atoms with E-state index in [2.05, 4.69) is 15.5 Å². The van der Waals surface area contributed by atoms with Crippen molar-refractivity contribution in [3.05, 3.63) is 41.4 Å². The van der Waals surface area contributed by atoms with Crippen molar-refractivity contribution < 1.29 is 14.1 Å². The van der Waals surface area contributed by atoms with Gasteiger partial charge in [0.05, 0.1) is 6.61 Å². The minimum Gasteiger partial charge on any atom is -0.478 e. The molecule has 0 saturated heterocycles. The summed E-state index contributed by atoms with van der Waals surface area (Å²) in [5.74, 6) is 1.14. The zero-order chi connectivity index (χ0) is 15.2. The van der Waals surface area contributed by atoms with Gasteiger partial charge in [-0.25, -0.2) is 4.98 Å². The highest BCUT2D eigenvalue weighted by atomic mass is 16.5. The summed E-state index contributed by atoms with van der Waals surface area (Å²) in [6, 6.07) is 5.32. The molecule has 0 atom stereocenters. The van der Waals surface area contributed by atoms with Crippen molar-refractivity contribution in [2.75, 3.05) is 6.61 Å². The lowest BCUT2D eigenvalue weighted by Gasteiger charge is -2.08. The van der Waals surface area contributed by atoms with Gasteiger partial charge in [0.1, 0.15) is 5.76 Å². The van der Waals surface area contributed by atoms with Gasteiger partial charge >= 0.3 is 0 Å². The number of ether oxygens (including phenoxy) is 1. The molecule has 1 N–H and O–H groups in total. The molecule has 0 saturated carbocycles.